The number of carbonyl (C=O) groups is 1. The van der Waals surface area contributed by atoms with Gasteiger partial charge in [0.05, 0.1) is 23.3 Å². The number of hydrogen-bond donors (Lipinski definition) is 2. The Morgan fingerprint density at radius 2 is 1.71 bits per heavy atom. The summed E-state index contributed by atoms with van der Waals surface area (Å²) < 4.78 is 4.95. The molecule has 0 spiro atoms. The van der Waals surface area contributed by atoms with Crippen molar-refractivity contribution in [2.75, 3.05) is 17.2 Å². The molecule has 0 aliphatic heterocycles. The Balaban J connectivity index is 1.79. The van der Waals surface area contributed by atoms with E-state index in [-0.39, 0.29) is 0 Å². The van der Waals surface area contributed by atoms with Crippen molar-refractivity contribution in [3.8, 4) is 0 Å². The molecule has 2 N–H and O–H groups in total. The summed E-state index contributed by atoms with van der Waals surface area (Å²) in [5.41, 5.74) is 5.58. The predicted molar refractivity (Wildman–Crippen MR) is 114 cm³/mol. The summed E-state index contributed by atoms with van der Waals surface area (Å²) in [5.74, 6) is 0. The predicted octanol–water partition coefficient (Wildman–Crippen LogP) is 6.01. The van der Waals surface area contributed by atoms with Crippen LogP contribution in [0.3, 0.4) is 0 Å². The third kappa shape index (κ3) is 3.47. The standard InChI is InChI=1S/C23H21N3O2/c1-3-28-23(27)25-17-10-7-9-16(14-17)24-22-18-11-4-5-13-20(18)26-21-15(2)8-6-12-19(21)22/h4-14H,3H2,1-2H3,(H,24,26)(H,25,27). The van der Waals surface area contributed by atoms with Crippen LogP contribution in [-0.2, 0) is 4.74 Å². The molecular weight excluding hydrogens is 350 g/mol. The van der Waals surface area contributed by atoms with Crippen molar-refractivity contribution in [2.45, 2.75) is 13.8 Å². The van der Waals surface area contributed by atoms with Gasteiger partial charge in [-0.1, -0.05) is 42.5 Å². The Morgan fingerprint density at radius 1 is 0.964 bits per heavy atom. The fourth-order valence-corrected chi connectivity index (χ4v) is 3.30. The van der Waals surface area contributed by atoms with Crippen LogP contribution in [0.1, 0.15) is 12.5 Å². The van der Waals surface area contributed by atoms with Crippen LogP contribution in [0.2, 0.25) is 0 Å². The number of ether oxygens (including phenoxy) is 1. The number of benzene rings is 3. The minimum Gasteiger partial charge on any atom is -0.450 e. The molecule has 1 amide bonds. The molecular formula is C23H21N3O2. The van der Waals surface area contributed by atoms with Gasteiger partial charge in [-0.05, 0) is 43.7 Å². The van der Waals surface area contributed by atoms with Gasteiger partial charge in [-0.25, -0.2) is 9.78 Å². The fraction of sp³-hybridized carbons (Fsp3) is 0.130. The van der Waals surface area contributed by atoms with Crippen LogP contribution in [-0.4, -0.2) is 17.7 Å². The van der Waals surface area contributed by atoms with E-state index in [1.165, 1.54) is 0 Å². The highest BCUT2D eigenvalue weighted by Gasteiger charge is 2.11. The van der Waals surface area contributed by atoms with Crippen LogP contribution in [0.15, 0.2) is 66.7 Å². The molecule has 4 aromatic rings. The number of aromatic nitrogens is 1. The molecule has 0 unspecified atom stereocenters. The normalized spacial score (nSPS) is 10.8. The monoisotopic (exact) mass is 371 g/mol. The molecule has 0 aliphatic carbocycles. The van der Waals surface area contributed by atoms with E-state index >= 15 is 0 Å². The molecule has 0 saturated carbocycles. The summed E-state index contributed by atoms with van der Waals surface area (Å²) in [6.07, 6.45) is -0.463. The first-order valence-corrected chi connectivity index (χ1v) is 9.24. The zero-order valence-electron chi connectivity index (χ0n) is 15.8. The zero-order valence-corrected chi connectivity index (χ0v) is 15.8. The number of para-hydroxylation sites is 2. The van der Waals surface area contributed by atoms with Gasteiger partial charge in [0.1, 0.15) is 0 Å². The Hall–Kier alpha value is -3.60. The van der Waals surface area contributed by atoms with E-state index in [2.05, 4.69) is 35.8 Å². The first-order chi connectivity index (χ1) is 13.7. The minimum absolute atomic E-state index is 0.331. The van der Waals surface area contributed by atoms with Crippen molar-refractivity contribution >= 4 is 45.0 Å². The van der Waals surface area contributed by atoms with E-state index in [4.69, 9.17) is 9.72 Å². The van der Waals surface area contributed by atoms with Crippen molar-refractivity contribution in [1.82, 2.24) is 4.98 Å². The van der Waals surface area contributed by atoms with Gasteiger partial charge in [0.2, 0.25) is 0 Å². The summed E-state index contributed by atoms with van der Waals surface area (Å²) in [6.45, 7) is 4.18. The largest absolute Gasteiger partial charge is 0.450 e. The molecule has 3 aromatic carbocycles. The van der Waals surface area contributed by atoms with Gasteiger partial charge in [0.15, 0.2) is 0 Å². The number of hydrogen-bond acceptors (Lipinski definition) is 4. The average molecular weight is 371 g/mol. The highest BCUT2D eigenvalue weighted by Crippen LogP contribution is 2.34. The lowest BCUT2D eigenvalue weighted by molar-refractivity contribution is 0.168. The number of aryl methyl sites for hydroxylation is 1. The van der Waals surface area contributed by atoms with Crippen LogP contribution in [0.4, 0.5) is 21.9 Å². The van der Waals surface area contributed by atoms with Gasteiger partial charge < -0.3 is 10.1 Å². The number of rotatable bonds is 4. The number of anilines is 3. The zero-order chi connectivity index (χ0) is 19.5. The van der Waals surface area contributed by atoms with Crippen molar-refractivity contribution in [3.63, 3.8) is 0 Å². The van der Waals surface area contributed by atoms with Gasteiger partial charge in [-0.3, -0.25) is 5.32 Å². The molecule has 0 bridgehead atoms. The number of fused-ring (bicyclic) bond motifs is 2. The van der Waals surface area contributed by atoms with Gasteiger partial charge in [-0.2, -0.15) is 0 Å². The number of carbonyl (C=O) groups excluding carboxylic acids is 1. The SMILES string of the molecule is CCOC(=O)Nc1cccc(Nc2c3ccccc3nc3c(C)cccc23)c1. The van der Waals surface area contributed by atoms with Gasteiger partial charge in [0.25, 0.3) is 0 Å². The maximum atomic E-state index is 11.7. The highest BCUT2D eigenvalue weighted by molar-refractivity contribution is 6.09. The van der Waals surface area contributed by atoms with Crippen molar-refractivity contribution in [1.29, 1.82) is 0 Å². The van der Waals surface area contributed by atoms with Gasteiger partial charge in [0, 0.05) is 22.1 Å². The number of nitrogens with one attached hydrogen (secondary N) is 2. The molecule has 0 saturated heterocycles. The molecule has 1 heterocycles. The van der Waals surface area contributed by atoms with Gasteiger partial charge >= 0.3 is 6.09 Å². The lowest BCUT2D eigenvalue weighted by Gasteiger charge is -2.15. The second-order valence-electron chi connectivity index (χ2n) is 6.53. The van der Waals surface area contributed by atoms with E-state index in [1.54, 1.807) is 6.92 Å². The number of nitrogens with zero attached hydrogens (tertiary/aromatic N) is 1. The van der Waals surface area contributed by atoms with E-state index in [0.29, 0.717) is 12.3 Å². The first-order valence-electron chi connectivity index (χ1n) is 9.24. The maximum absolute atomic E-state index is 11.7. The van der Waals surface area contributed by atoms with Crippen LogP contribution in [0.25, 0.3) is 21.8 Å². The Morgan fingerprint density at radius 3 is 2.57 bits per heavy atom. The second-order valence-corrected chi connectivity index (χ2v) is 6.53. The smallest absolute Gasteiger partial charge is 0.411 e. The molecule has 5 nitrogen and oxygen atoms in total. The molecule has 0 fully saturated rings. The van der Waals surface area contributed by atoms with Crippen LogP contribution in [0.5, 0.6) is 0 Å². The molecule has 0 aliphatic rings. The molecule has 4 rings (SSSR count). The molecule has 0 atom stereocenters. The van der Waals surface area contributed by atoms with E-state index in [1.807, 2.05) is 48.5 Å². The fourth-order valence-electron chi connectivity index (χ4n) is 3.30. The maximum Gasteiger partial charge on any atom is 0.411 e. The third-order valence-corrected chi connectivity index (χ3v) is 4.57. The summed E-state index contributed by atoms with van der Waals surface area (Å²) in [7, 11) is 0. The first kappa shape index (κ1) is 17.8. The van der Waals surface area contributed by atoms with E-state index in [9.17, 15) is 4.79 Å². The minimum atomic E-state index is -0.463. The Bertz CT molecular complexity index is 1170. The molecule has 28 heavy (non-hydrogen) atoms. The molecule has 5 heteroatoms. The van der Waals surface area contributed by atoms with Crippen molar-refractivity contribution in [3.05, 3.63) is 72.3 Å². The highest BCUT2D eigenvalue weighted by atomic mass is 16.5. The van der Waals surface area contributed by atoms with E-state index in [0.717, 1.165) is 38.7 Å². The lowest BCUT2D eigenvalue weighted by atomic mass is 10.0. The quantitative estimate of drug-likeness (QED) is 0.431. The van der Waals surface area contributed by atoms with Crippen LogP contribution < -0.4 is 10.6 Å². The summed E-state index contributed by atoms with van der Waals surface area (Å²) in [6, 6.07) is 21.8. The number of pyridine rings is 1. The topological polar surface area (TPSA) is 63.2 Å². The van der Waals surface area contributed by atoms with Crippen LogP contribution in [0, 0.1) is 6.92 Å². The van der Waals surface area contributed by atoms with Gasteiger partial charge in [-0.15, -0.1) is 0 Å². The molecule has 1 aromatic heterocycles. The average Bonchev–Trinajstić information content (AvgIpc) is 2.69. The molecule has 140 valence electrons. The summed E-state index contributed by atoms with van der Waals surface area (Å²) in [5, 5.41) is 8.37. The van der Waals surface area contributed by atoms with Crippen LogP contribution >= 0.6 is 0 Å². The Kier molecular flexibility index (Phi) is 4.81. The molecule has 0 radical (unpaired) electrons. The summed E-state index contributed by atoms with van der Waals surface area (Å²) in [4.78, 5) is 16.6. The Labute approximate surface area is 163 Å². The number of amides is 1. The van der Waals surface area contributed by atoms with E-state index < -0.39 is 6.09 Å². The summed E-state index contributed by atoms with van der Waals surface area (Å²) >= 11 is 0. The lowest BCUT2D eigenvalue weighted by Crippen LogP contribution is -2.13. The van der Waals surface area contributed by atoms with Crippen molar-refractivity contribution < 1.29 is 9.53 Å². The van der Waals surface area contributed by atoms with Crippen molar-refractivity contribution in [2.24, 2.45) is 0 Å². The second kappa shape index (κ2) is 7.56. The third-order valence-electron chi connectivity index (χ3n) is 4.57.